The van der Waals surface area contributed by atoms with Crippen molar-refractivity contribution in [3.8, 4) is 0 Å². The van der Waals surface area contributed by atoms with E-state index in [0.29, 0.717) is 11.9 Å². The summed E-state index contributed by atoms with van der Waals surface area (Å²) in [6.07, 6.45) is 5.66. The van der Waals surface area contributed by atoms with E-state index in [1.54, 1.807) is 0 Å². The fourth-order valence-electron chi connectivity index (χ4n) is 3.19. The molecule has 0 bridgehead atoms. The van der Waals surface area contributed by atoms with Gasteiger partial charge in [0.15, 0.2) is 6.29 Å². The second kappa shape index (κ2) is 8.08. The number of piperidine rings is 1. The van der Waals surface area contributed by atoms with Crippen molar-refractivity contribution in [2.45, 2.75) is 44.3 Å². The molecule has 0 unspecified atom stereocenters. The number of hydrogen-bond donors (Lipinski definition) is 0. The molecule has 2 atom stereocenters. The maximum Gasteiger partial charge on any atom is 0.265 e. The van der Waals surface area contributed by atoms with Crippen LogP contribution in [0.3, 0.4) is 0 Å². The highest BCUT2D eigenvalue weighted by molar-refractivity contribution is 5.24. The summed E-state index contributed by atoms with van der Waals surface area (Å²) >= 11 is 0. The quantitative estimate of drug-likeness (QED) is 0.791. The fraction of sp³-hybridized carbons (Fsp3) is 0.875. The molecule has 3 heterocycles. The zero-order chi connectivity index (χ0) is 16.1. The van der Waals surface area contributed by atoms with Gasteiger partial charge in [0.25, 0.3) is 5.95 Å². The van der Waals surface area contributed by atoms with Crippen LogP contribution in [-0.2, 0) is 9.47 Å². The summed E-state index contributed by atoms with van der Waals surface area (Å²) in [5, 5.41) is 4.02. The van der Waals surface area contributed by atoms with Crippen LogP contribution in [0.5, 0.6) is 0 Å². The normalized spacial score (nSPS) is 26.3. The van der Waals surface area contributed by atoms with E-state index in [-0.39, 0.29) is 6.29 Å². The SMILES string of the molecule is CN(C)c1noc([C@H]2CCCN(CCO[C@H]3CCCCO3)C2)n1. The number of rotatable bonds is 6. The van der Waals surface area contributed by atoms with Crippen molar-refractivity contribution in [3.63, 3.8) is 0 Å². The van der Waals surface area contributed by atoms with Crippen molar-refractivity contribution in [1.29, 1.82) is 0 Å². The van der Waals surface area contributed by atoms with Gasteiger partial charge in [-0.25, -0.2) is 0 Å². The Hall–Kier alpha value is -1.18. The van der Waals surface area contributed by atoms with Crippen molar-refractivity contribution in [2.24, 2.45) is 0 Å². The van der Waals surface area contributed by atoms with Gasteiger partial charge in [-0.2, -0.15) is 4.98 Å². The Labute approximate surface area is 137 Å². The number of anilines is 1. The highest BCUT2D eigenvalue weighted by atomic mass is 16.7. The summed E-state index contributed by atoms with van der Waals surface area (Å²) in [7, 11) is 3.85. The van der Waals surface area contributed by atoms with Gasteiger partial charge < -0.3 is 23.8 Å². The maximum absolute atomic E-state index is 5.84. The molecule has 0 aromatic carbocycles. The Kier molecular flexibility index (Phi) is 5.85. The molecule has 1 aromatic rings. The Morgan fingerprint density at radius 1 is 1.26 bits per heavy atom. The summed E-state index contributed by atoms with van der Waals surface area (Å²) in [6.45, 7) is 4.57. The molecule has 3 rings (SSSR count). The lowest BCUT2D eigenvalue weighted by molar-refractivity contribution is -0.164. The Balaban J connectivity index is 1.44. The van der Waals surface area contributed by atoms with Crippen LogP contribution >= 0.6 is 0 Å². The fourth-order valence-corrected chi connectivity index (χ4v) is 3.19. The molecule has 23 heavy (non-hydrogen) atoms. The molecule has 2 fully saturated rings. The van der Waals surface area contributed by atoms with Gasteiger partial charge in [-0.3, -0.25) is 0 Å². The van der Waals surface area contributed by atoms with Gasteiger partial charge in [-0.1, -0.05) is 0 Å². The number of aromatic nitrogens is 2. The summed E-state index contributed by atoms with van der Waals surface area (Å²) < 4.78 is 16.9. The number of ether oxygens (including phenoxy) is 2. The number of hydrogen-bond acceptors (Lipinski definition) is 7. The van der Waals surface area contributed by atoms with E-state index in [9.17, 15) is 0 Å². The van der Waals surface area contributed by atoms with Crippen LogP contribution < -0.4 is 4.90 Å². The molecule has 2 aliphatic rings. The van der Waals surface area contributed by atoms with E-state index in [4.69, 9.17) is 14.0 Å². The first kappa shape index (κ1) is 16.7. The molecule has 0 amide bonds. The lowest BCUT2D eigenvalue weighted by Gasteiger charge is -2.31. The van der Waals surface area contributed by atoms with Gasteiger partial charge >= 0.3 is 0 Å². The summed E-state index contributed by atoms with van der Waals surface area (Å²) in [5.74, 6) is 1.74. The minimum absolute atomic E-state index is 0.00271. The second-order valence-corrected chi connectivity index (χ2v) is 6.63. The molecule has 130 valence electrons. The van der Waals surface area contributed by atoms with Crippen LogP contribution in [0.25, 0.3) is 0 Å². The van der Waals surface area contributed by atoms with Crippen LogP contribution in [0.1, 0.15) is 43.9 Å². The van der Waals surface area contributed by atoms with Crippen LogP contribution in [0.15, 0.2) is 4.52 Å². The topological polar surface area (TPSA) is 63.9 Å². The molecule has 0 aliphatic carbocycles. The monoisotopic (exact) mass is 324 g/mol. The van der Waals surface area contributed by atoms with E-state index in [1.807, 2.05) is 19.0 Å². The predicted molar refractivity (Wildman–Crippen MR) is 86.6 cm³/mol. The van der Waals surface area contributed by atoms with Gasteiger partial charge in [0.05, 0.1) is 12.5 Å². The Morgan fingerprint density at radius 3 is 2.91 bits per heavy atom. The summed E-state index contributed by atoms with van der Waals surface area (Å²) in [4.78, 5) is 8.79. The molecule has 0 N–H and O–H groups in total. The van der Waals surface area contributed by atoms with Crippen LogP contribution in [0.2, 0.25) is 0 Å². The van der Waals surface area contributed by atoms with E-state index in [1.165, 1.54) is 6.42 Å². The molecule has 0 radical (unpaired) electrons. The molecule has 2 saturated heterocycles. The second-order valence-electron chi connectivity index (χ2n) is 6.63. The van der Waals surface area contributed by atoms with Gasteiger partial charge in [0.2, 0.25) is 5.89 Å². The smallest absolute Gasteiger partial charge is 0.265 e. The zero-order valence-corrected chi connectivity index (χ0v) is 14.2. The Bertz CT molecular complexity index is 474. The van der Waals surface area contributed by atoms with E-state index >= 15 is 0 Å². The third kappa shape index (κ3) is 4.65. The average Bonchev–Trinajstić information content (AvgIpc) is 3.07. The van der Waals surface area contributed by atoms with Crippen LogP contribution in [-0.4, -0.2) is 68.3 Å². The van der Waals surface area contributed by atoms with E-state index in [2.05, 4.69) is 15.0 Å². The molecule has 7 heteroatoms. The Morgan fingerprint density at radius 2 is 2.17 bits per heavy atom. The largest absolute Gasteiger partial charge is 0.353 e. The van der Waals surface area contributed by atoms with Crippen molar-refractivity contribution in [3.05, 3.63) is 5.89 Å². The lowest BCUT2D eigenvalue weighted by atomic mass is 9.98. The number of likely N-dealkylation sites (tertiary alicyclic amines) is 1. The summed E-state index contributed by atoms with van der Waals surface area (Å²) in [6, 6.07) is 0. The average molecular weight is 324 g/mol. The standard InChI is InChI=1S/C16H28N4O3/c1-19(2)16-17-15(23-18-16)13-6-5-8-20(12-13)9-11-22-14-7-3-4-10-21-14/h13-14H,3-12H2,1-2H3/t13-,14-/m0/s1. The minimum Gasteiger partial charge on any atom is -0.353 e. The van der Waals surface area contributed by atoms with Crippen molar-refractivity contribution < 1.29 is 14.0 Å². The summed E-state index contributed by atoms with van der Waals surface area (Å²) in [5.41, 5.74) is 0. The molecule has 7 nitrogen and oxygen atoms in total. The van der Waals surface area contributed by atoms with Gasteiger partial charge in [0.1, 0.15) is 0 Å². The molecular formula is C16H28N4O3. The van der Waals surface area contributed by atoms with Crippen LogP contribution in [0.4, 0.5) is 5.95 Å². The third-order valence-corrected chi connectivity index (χ3v) is 4.53. The minimum atomic E-state index is 0.00271. The first-order valence-electron chi connectivity index (χ1n) is 8.69. The van der Waals surface area contributed by atoms with Crippen molar-refractivity contribution in [1.82, 2.24) is 15.0 Å². The highest BCUT2D eigenvalue weighted by Crippen LogP contribution is 2.26. The molecule has 0 saturated carbocycles. The predicted octanol–water partition coefficient (Wildman–Crippen LogP) is 1.86. The number of nitrogens with zero attached hydrogens (tertiary/aromatic N) is 4. The molecule has 1 aromatic heterocycles. The zero-order valence-electron chi connectivity index (χ0n) is 14.2. The first-order valence-corrected chi connectivity index (χ1v) is 8.69. The third-order valence-electron chi connectivity index (χ3n) is 4.53. The van der Waals surface area contributed by atoms with Gasteiger partial charge in [-0.05, 0) is 43.8 Å². The lowest BCUT2D eigenvalue weighted by Crippen LogP contribution is -2.37. The first-order chi connectivity index (χ1) is 11.2. The van der Waals surface area contributed by atoms with Gasteiger partial charge in [0, 0.05) is 33.8 Å². The highest BCUT2D eigenvalue weighted by Gasteiger charge is 2.26. The van der Waals surface area contributed by atoms with Crippen molar-refractivity contribution >= 4 is 5.95 Å². The van der Waals surface area contributed by atoms with Crippen molar-refractivity contribution in [2.75, 3.05) is 51.8 Å². The maximum atomic E-state index is 5.84. The van der Waals surface area contributed by atoms with Gasteiger partial charge in [-0.15, -0.1) is 0 Å². The van der Waals surface area contributed by atoms with E-state index < -0.39 is 0 Å². The molecular weight excluding hydrogens is 296 g/mol. The molecule has 2 aliphatic heterocycles. The van der Waals surface area contributed by atoms with Crippen LogP contribution in [0, 0.1) is 0 Å². The van der Waals surface area contributed by atoms with E-state index in [0.717, 1.165) is 64.4 Å². The molecule has 0 spiro atoms.